The van der Waals surface area contributed by atoms with E-state index in [0.29, 0.717) is 34.0 Å². The van der Waals surface area contributed by atoms with Crippen LogP contribution in [-0.4, -0.2) is 45.5 Å². The summed E-state index contributed by atoms with van der Waals surface area (Å²) in [5.41, 5.74) is 4.38. The summed E-state index contributed by atoms with van der Waals surface area (Å²) in [6, 6.07) is 4.37. The van der Waals surface area contributed by atoms with Gasteiger partial charge in [0.05, 0.1) is 0 Å². The molecule has 4 rings (SSSR count). The average Bonchev–Trinajstić information content (AvgIpc) is 3.72. The zero-order valence-electron chi connectivity index (χ0n) is 29.3. The fourth-order valence-electron chi connectivity index (χ4n) is 6.58. The van der Waals surface area contributed by atoms with Crippen molar-refractivity contribution < 1.29 is 8.78 Å². The third kappa shape index (κ3) is 8.74. The van der Waals surface area contributed by atoms with Gasteiger partial charge in [-0.25, -0.2) is 0 Å². The maximum absolute atomic E-state index is 16.5. The number of halogens is 2. The van der Waals surface area contributed by atoms with Gasteiger partial charge in [0.25, 0.3) is 0 Å². The second-order valence-electron chi connectivity index (χ2n) is 15.0. The van der Waals surface area contributed by atoms with E-state index in [2.05, 4.69) is 78.2 Å². The second-order valence-corrected chi connectivity index (χ2v) is 48.3. The summed E-state index contributed by atoms with van der Waals surface area (Å²) >= 11 is -0.632. The topological polar surface area (TPSA) is 25.8 Å². The molecule has 0 N–H and O–H groups in total. The van der Waals surface area contributed by atoms with Gasteiger partial charge in [-0.2, -0.15) is 0 Å². The molecule has 3 heterocycles. The maximum atomic E-state index is 16.5. The first kappa shape index (κ1) is 37.7. The molecule has 3 aromatic heterocycles. The van der Waals surface area contributed by atoms with E-state index in [9.17, 15) is 0 Å². The predicted molar refractivity (Wildman–Crippen MR) is 204 cm³/mol. The molecule has 4 aromatic rings. The van der Waals surface area contributed by atoms with Gasteiger partial charge in [0.15, 0.2) is 0 Å². The molecule has 0 amide bonds. The summed E-state index contributed by atoms with van der Waals surface area (Å²) in [5, 5.41) is 0. The van der Waals surface area contributed by atoms with Crippen molar-refractivity contribution in [2.75, 3.05) is 0 Å². The van der Waals surface area contributed by atoms with Crippen molar-refractivity contribution in [3.05, 3.63) is 34.9 Å². The Kier molecular flexibility index (Phi) is 13.5. The SMILES string of the molecule is CCCCC(CC)Cc1cc(-c2c(F)c(F)c(-c3cc(CC(CC)CCCC)[c]([Sn]([CH3])([CH3])[CH3])s3)c3nsnc23)s[c]1[Sn]([CH3])([CH3])[CH3]. The molecule has 0 radical (unpaired) electrons. The molecule has 9 heteroatoms. The van der Waals surface area contributed by atoms with Gasteiger partial charge in [0, 0.05) is 0 Å². The molecule has 45 heavy (non-hydrogen) atoms. The van der Waals surface area contributed by atoms with Crippen molar-refractivity contribution in [3.8, 4) is 20.9 Å². The fraction of sp³-hybridized carbons (Fsp3) is 0.611. The summed E-state index contributed by atoms with van der Waals surface area (Å²) in [4.78, 5) is 16.2. The Bertz CT molecular complexity index is 1460. The van der Waals surface area contributed by atoms with E-state index >= 15 is 8.78 Å². The molecule has 0 aliphatic rings. The zero-order chi connectivity index (χ0) is 33.1. The van der Waals surface area contributed by atoms with Gasteiger partial charge in [0.1, 0.15) is 0 Å². The third-order valence-electron chi connectivity index (χ3n) is 9.17. The Balaban J connectivity index is 1.86. The summed E-state index contributed by atoms with van der Waals surface area (Å²) in [5.74, 6) is -0.294. The minimum absolute atomic E-state index is 0.312. The van der Waals surface area contributed by atoms with E-state index in [1.54, 1.807) is 22.7 Å². The van der Waals surface area contributed by atoms with Gasteiger partial charge in [-0.1, -0.05) is 0 Å². The standard InChI is InChI=1S/C30H36F2N2S3.6CH3.2Sn/c1-5-9-11-19(7-3)13-21-15-23(35-17-21)25-27(31)28(32)26(30-29(25)33-37-34-30)24-16-22(18-36-24)14-20(8-4)12-10-6-2;;;;;;;;/h15-16,19-20H,5-14H2,1-4H3;6*1H3;;. The number of aromatic nitrogens is 2. The number of unbranched alkanes of at least 4 members (excludes halogenated alkanes) is 2. The minimum atomic E-state index is -2.55. The Hall–Kier alpha value is -0.103. The van der Waals surface area contributed by atoms with Crippen LogP contribution < -0.4 is 5.79 Å². The molecule has 0 saturated heterocycles. The zero-order valence-corrected chi connectivity index (χ0v) is 37.4. The van der Waals surface area contributed by atoms with E-state index < -0.39 is 48.4 Å². The summed E-state index contributed by atoms with van der Waals surface area (Å²) in [6.07, 6.45) is 11.6. The summed E-state index contributed by atoms with van der Waals surface area (Å²) in [7, 11) is 0. The van der Waals surface area contributed by atoms with Gasteiger partial charge >= 0.3 is 295 Å². The number of hydrogen-bond acceptors (Lipinski definition) is 5. The van der Waals surface area contributed by atoms with E-state index in [-0.39, 0.29) is 0 Å². The summed E-state index contributed by atoms with van der Waals surface area (Å²) < 4.78 is 45.3. The van der Waals surface area contributed by atoms with Gasteiger partial charge in [-0.3, -0.25) is 0 Å². The average molecular weight is 886 g/mol. The monoisotopic (exact) mass is 888 g/mol. The van der Waals surface area contributed by atoms with Crippen molar-refractivity contribution in [1.29, 1.82) is 0 Å². The number of hydrogen-bond donors (Lipinski definition) is 0. The quantitative estimate of drug-likeness (QED) is 0.105. The molecular weight excluding hydrogens is 832 g/mol. The number of thiophene rings is 2. The second kappa shape index (κ2) is 16.1. The molecule has 0 saturated carbocycles. The third-order valence-corrected chi connectivity index (χ3v) is 31.3. The molecular formula is C36H54F2N2S3Sn2. The Morgan fingerprint density at radius 2 is 1.02 bits per heavy atom. The number of nitrogens with zero attached hydrogens (tertiary/aromatic N) is 2. The Morgan fingerprint density at radius 1 is 0.644 bits per heavy atom. The van der Waals surface area contributed by atoms with Gasteiger partial charge in [-0.05, 0) is 0 Å². The van der Waals surface area contributed by atoms with Crippen molar-refractivity contribution in [1.82, 2.24) is 8.75 Å². The first-order valence-corrected chi connectivity index (χ1v) is 39.5. The van der Waals surface area contributed by atoms with Crippen LogP contribution in [0.15, 0.2) is 12.1 Å². The molecule has 0 spiro atoms. The number of benzene rings is 1. The van der Waals surface area contributed by atoms with Crippen molar-refractivity contribution >= 4 is 88.0 Å². The van der Waals surface area contributed by atoms with Crippen LogP contribution in [0.3, 0.4) is 0 Å². The first-order chi connectivity index (χ1) is 21.2. The molecule has 1 aromatic carbocycles. The molecule has 2 nitrogen and oxygen atoms in total. The predicted octanol–water partition coefficient (Wildman–Crippen LogP) is 12.0. The first-order valence-electron chi connectivity index (χ1n) is 17.1. The molecule has 0 fully saturated rings. The Morgan fingerprint density at radius 3 is 1.33 bits per heavy atom. The normalized spacial score (nSPS) is 14.0. The van der Waals surface area contributed by atoms with Crippen LogP contribution in [-0.2, 0) is 12.8 Å². The van der Waals surface area contributed by atoms with E-state index in [0.717, 1.165) is 47.2 Å². The summed E-state index contributed by atoms with van der Waals surface area (Å²) in [6.45, 7) is 9.06. The number of fused-ring (bicyclic) bond motifs is 1. The van der Waals surface area contributed by atoms with Crippen LogP contribution in [0.25, 0.3) is 31.9 Å². The molecule has 2 atom stereocenters. The molecule has 248 valence electrons. The van der Waals surface area contributed by atoms with Gasteiger partial charge in [0.2, 0.25) is 0 Å². The fourth-order valence-corrected chi connectivity index (χ4v) is 23.3. The Labute approximate surface area is 291 Å². The van der Waals surface area contributed by atoms with Crippen LogP contribution in [0, 0.1) is 23.5 Å². The van der Waals surface area contributed by atoms with Crippen LogP contribution >= 0.6 is 34.4 Å². The van der Waals surface area contributed by atoms with Crippen molar-refractivity contribution in [3.63, 3.8) is 0 Å². The molecule has 2 unspecified atom stereocenters. The van der Waals surface area contributed by atoms with Crippen LogP contribution in [0.4, 0.5) is 8.78 Å². The van der Waals surface area contributed by atoms with E-state index in [1.807, 2.05) is 0 Å². The van der Waals surface area contributed by atoms with Crippen molar-refractivity contribution in [2.45, 2.75) is 122 Å². The number of rotatable bonds is 16. The molecule has 0 bridgehead atoms. The van der Waals surface area contributed by atoms with Crippen LogP contribution in [0.1, 0.15) is 90.2 Å². The van der Waals surface area contributed by atoms with E-state index in [4.69, 9.17) is 0 Å². The van der Waals surface area contributed by atoms with Gasteiger partial charge in [-0.15, -0.1) is 0 Å². The van der Waals surface area contributed by atoms with Gasteiger partial charge < -0.3 is 0 Å². The van der Waals surface area contributed by atoms with Crippen LogP contribution in [0.5, 0.6) is 0 Å². The molecule has 0 aliphatic carbocycles. The van der Waals surface area contributed by atoms with Crippen LogP contribution in [0.2, 0.25) is 29.6 Å². The van der Waals surface area contributed by atoms with E-state index in [1.165, 1.54) is 55.4 Å². The molecule has 0 aliphatic heterocycles. The van der Waals surface area contributed by atoms with Crippen molar-refractivity contribution in [2.24, 2.45) is 11.8 Å².